The van der Waals surface area contributed by atoms with Gasteiger partial charge in [-0.2, -0.15) is 5.10 Å². The lowest BCUT2D eigenvalue weighted by Gasteiger charge is -2.02. The topological polar surface area (TPSA) is 72.7 Å². The second kappa shape index (κ2) is 6.17. The second-order valence-electron chi connectivity index (χ2n) is 4.80. The van der Waals surface area contributed by atoms with E-state index in [-0.39, 0.29) is 5.91 Å². The van der Waals surface area contributed by atoms with Gasteiger partial charge in [-0.25, -0.2) is 0 Å². The third-order valence-corrected chi connectivity index (χ3v) is 3.28. The Labute approximate surface area is 127 Å². The van der Waals surface area contributed by atoms with Gasteiger partial charge in [-0.05, 0) is 30.3 Å². The normalized spacial score (nSPS) is 10.4. The molecule has 0 unspecified atom stereocenters. The number of rotatable bonds is 4. The Morgan fingerprint density at radius 1 is 1.09 bits per heavy atom. The van der Waals surface area contributed by atoms with E-state index in [1.807, 2.05) is 25.2 Å². The number of carbonyl (C=O) groups is 1. The van der Waals surface area contributed by atoms with Gasteiger partial charge in [0.05, 0.1) is 17.9 Å². The van der Waals surface area contributed by atoms with Crippen LogP contribution in [-0.4, -0.2) is 25.7 Å². The van der Waals surface area contributed by atoms with Crippen LogP contribution >= 0.6 is 0 Å². The van der Waals surface area contributed by atoms with Crippen molar-refractivity contribution in [3.8, 4) is 11.3 Å². The molecule has 0 atom stereocenters. The summed E-state index contributed by atoms with van der Waals surface area (Å²) in [6, 6.07) is 9.17. The summed E-state index contributed by atoms with van der Waals surface area (Å²) in [6.45, 7) is 0.375. The molecule has 3 heterocycles. The van der Waals surface area contributed by atoms with Crippen LogP contribution in [0.5, 0.6) is 0 Å². The molecule has 1 N–H and O–H groups in total. The number of hydrogen-bond donors (Lipinski definition) is 1. The first-order valence-corrected chi connectivity index (χ1v) is 6.85. The van der Waals surface area contributed by atoms with Gasteiger partial charge in [-0.1, -0.05) is 0 Å². The molecule has 3 rings (SSSR count). The fraction of sp³-hybridized carbons (Fsp3) is 0.125. The molecule has 3 aromatic heterocycles. The summed E-state index contributed by atoms with van der Waals surface area (Å²) in [7, 11) is 1.88. The summed E-state index contributed by atoms with van der Waals surface area (Å²) in [5.41, 5.74) is 3.41. The van der Waals surface area contributed by atoms with Crippen LogP contribution in [0.1, 0.15) is 16.1 Å². The molecule has 0 saturated carbocycles. The Morgan fingerprint density at radius 2 is 1.73 bits per heavy atom. The Hall–Kier alpha value is -3.02. The smallest absolute Gasteiger partial charge is 0.251 e. The Balaban J connectivity index is 1.71. The van der Waals surface area contributed by atoms with Gasteiger partial charge in [-0.15, -0.1) is 0 Å². The zero-order valence-corrected chi connectivity index (χ0v) is 12.1. The van der Waals surface area contributed by atoms with E-state index in [1.165, 1.54) is 0 Å². The van der Waals surface area contributed by atoms with E-state index in [0.717, 1.165) is 17.0 Å². The number of amides is 1. The van der Waals surface area contributed by atoms with Crippen LogP contribution in [0.4, 0.5) is 0 Å². The van der Waals surface area contributed by atoms with Gasteiger partial charge >= 0.3 is 0 Å². The van der Waals surface area contributed by atoms with Crippen LogP contribution in [0.25, 0.3) is 11.3 Å². The minimum absolute atomic E-state index is 0.140. The van der Waals surface area contributed by atoms with Crippen molar-refractivity contribution in [2.75, 3.05) is 0 Å². The summed E-state index contributed by atoms with van der Waals surface area (Å²) in [4.78, 5) is 19.9. The number of aryl methyl sites for hydroxylation is 1. The molecule has 0 saturated heterocycles. The van der Waals surface area contributed by atoms with Crippen LogP contribution in [0.15, 0.2) is 55.1 Å². The maximum Gasteiger partial charge on any atom is 0.251 e. The van der Waals surface area contributed by atoms with Crippen molar-refractivity contribution < 1.29 is 4.79 Å². The fourth-order valence-electron chi connectivity index (χ4n) is 2.18. The van der Waals surface area contributed by atoms with Crippen molar-refractivity contribution in [3.63, 3.8) is 0 Å². The van der Waals surface area contributed by atoms with Crippen LogP contribution in [-0.2, 0) is 13.6 Å². The van der Waals surface area contributed by atoms with Gasteiger partial charge in [0.2, 0.25) is 0 Å². The highest BCUT2D eigenvalue weighted by Crippen LogP contribution is 2.18. The minimum Gasteiger partial charge on any atom is -0.346 e. The lowest BCUT2D eigenvalue weighted by molar-refractivity contribution is 0.0950. The first-order valence-electron chi connectivity index (χ1n) is 6.85. The van der Waals surface area contributed by atoms with Crippen LogP contribution in [0.2, 0.25) is 0 Å². The third kappa shape index (κ3) is 3.01. The van der Waals surface area contributed by atoms with Gasteiger partial charge in [0.1, 0.15) is 0 Å². The predicted molar refractivity (Wildman–Crippen MR) is 81.8 cm³/mol. The second-order valence-corrected chi connectivity index (χ2v) is 4.80. The molecule has 0 bridgehead atoms. The van der Waals surface area contributed by atoms with Crippen molar-refractivity contribution in [2.24, 2.45) is 7.05 Å². The predicted octanol–water partition coefficient (Wildman–Crippen LogP) is 1.81. The van der Waals surface area contributed by atoms with Crippen LogP contribution in [0, 0.1) is 0 Å². The number of hydrogen-bond acceptors (Lipinski definition) is 4. The lowest BCUT2D eigenvalue weighted by atomic mass is 10.2. The molecule has 0 fully saturated rings. The van der Waals surface area contributed by atoms with Crippen molar-refractivity contribution in [3.05, 3.63) is 66.4 Å². The first-order chi connectivity index (χ1) is 10.7. The molecule has 0 aliphatic heterocycles. The maximum atomic E-state index is 12.0. The van der Waals surface area contributed by atoms with E-state index in [4.69, 9.17) is 0 Å². The first kappa shape index (κ1) is 13.9. The van der Waals surface area contributed by atoms with Crippen molar-refractivity contribution in [1.82, 2.24) is 25.1 Å². The molecule has 6 heteroatoms. The molecule has 0 aromatic carbocycles. The van der Waals surface area contributed by atoms with Gasteiger partial charge in [0, 0.05) is 43.0 Å². The number of nitrogens with zero attached hydrogens (tertiary/aromatic N) is 4. The summed E-state index contributed by atoms with van der Waals surface area (Å²) < 4.78 is 1.79. The SMILES string of the molecule is Cn1nc(CNC(=O)c2ccncc2)cc1-c1ccncc1. The number of carbonyl (C=O) groups excluding carboxylic acids is 1. The number of pyridine rings is 2. The molecule has 0 spiro atoms. The van der Waals surface area contributed by atoms with Crippen LogP contribution in [0.3, 0.4) is 0 Å². The largest absolute Gasteiger partial charge is 0.346 e. The summed E-state index contributed by atoms with van der Waals surface area (Å²) in [6.07, 6.45) is 6.68. The highest BCUT2D eigenvalue weighted by atomic mass is 16.1. The molecule has 0 aliphatic rings. The minimum atomic E-state index is -0.140. The van der Waals surface area contributed by atoms with E-state index in [9.17, 15) is 4.79 Å². The molecule has 3 aromatic rings. The Bertz CT molecular complexity index is 768. The monoisotopic (exact) mass is 293 g/mol. The van der Waals surface area contributed by atoms with Gasteiger partial charge in [-0.3, -0.25) is 19.4 Å². The molecular weight excluding hydrogens is 278 g/mol. The average molecular weight is 293 g/mol. The summed E-state index contributed by atoms with van der Waals surface area (Å²) >= 11 is 0. The van der Waals surface area contributed by atoms with Gasteiger partial charge < -0.3 is 5.32 Å². The van der Waals surface area contributed by atoms with Crippen molar-refractivity contribution in [1.29, 1.82) is 0 Å². The highest BCUT2D eigenvalue weighted by molar-refractivity contribution is 5.93. The standard InChI is InChI=1S/C16H15N5O/c1-21-15(12-2-6-17-7-3-12)10-14(20-21)11-19-16(22)13-4-8-18-9-5-13/h2-10H,11H2,1H3,(H,19,22). The van der Waals surface area contributed by atoms with Crippen molar-refractivity contribution >= 4 is 5.91 Å². The van der Waals surface area contributed by atoms with Gasteiger partial charge in [0.15, 0.2) is 0 Å². The zero-order chi connectivity index (χ0) is 15.4. The number of nitrogens with one attached hydrogen (secondary N) is 1. The van der Waals surface area contributed by atoms with E-state index in [1.54, 1.807) is 41.6 Å². The fourth-order valence-corrected chi connectivity index (χ4v) is 2.18. The molecular formula is C16H15N5O. The Morgan fingerprint density at radius 3 is 2.41 bits per heavy atom. The van der Waals surface area contributed by atoms with E-state index in [0.29, 0.717) is 12.1 Å². The zero-order valence-electron chi connectivity index (χ0n) is 12.1. The molecule has 0 aliphatic carbocycles. The Kier molecular flexibility index (Phi) is 3.91. The average Bonchev–Trinajstić information content (AvgIpc) is 2.95. The summed E-state index contributed by atoms with van der Waals surface area (Å²) in [5.74, 6) is -0.140. The summed E-state index contributed by atoms with van der Waals surface area (Å²) in [5, 5.41) is 7.27. The van der Waals surface area contributed by atoms with Crippen molar-refractivity contribution in [2.45, 2.75) is 6.54 Å². The molecule has 110 valence electrons. The quantitative estimate of drug-likeness (QED) is 0.796. The maximum absolute atomic E-state index is 12.0. The molecule has 6 nitrogen and oxygen atoms in total. The number of aromatic nitrogens is 4. The lowest BCUT2D eigenvalue weighted by Crippen LogP contribution is -2.23. The third-order valence-electron chi connectivity index (χ3n) is 3.28. The van der Waals surface area contributed by atoms with E-state index >= 15 is 0 Å². The van der Waals surface area contributed by atoms with E-state index < -0.39 is 0 Å². The molecule has 1 amide bonds. The van der Waals surface area contributed by atoms with Gasteiger partial charge in [0.25, 0.3) is 5.91 Å². The van der Waals surface area contributed by atoms with E-state index in [2.05, 4.69) is 20.4 Å². The molecule has 0 radical (unpaired) electrons. The highest BCUT2D eigenvalue weighted by Gasteiger charge is 2.09. The molecule has 22 heavy (non-hydrogen) atoms. The van der Waals surface area contributed by atoms with Crippen LogP contribution < -0.4 is 5.32 Å².